The minimum atomic E-state index is -4.48. The van der Waals surface area contributed by atoms with E-state index in [1.54, 1.807) is 32.0 Å². The zero-order valence-electron chi connectivity index (χ0n) is 19.9. The van der Waals surface area contributed by atoms with Gasteiger partial charge >= 0.3 is 25.3 Å². The number of aliphatic hydroxyl groups excluding tert-OH is 1. The van der Waals surface area contributed by atoms with Gasteiger partial charge in [0.15, 0.2) is 17.7 Å². The molecule has 204 valence electrons. The molecule has 1 aromatic heterocycles. The molecule has 1 saturated heterocycles. The first-order chi connectivity index (χ1) is 17.2. The summed E-state index contributed by atoms with van der Waals surface area (Å²) in [7, 11) is -4.48. The van der Waals surface area contributed by atoms with Crippen LogP contribution in [-0.2, 0) is 23.4 Å². The first kappa shape index (κ1) is 28.6. The minimum absolute atomic E-state index is 0.0498. The standard InChI is InChI=1S/C21H26F3N4O8P/c1-11(2)34-18(30)12(3)27-37(32,36-13-7-5-4-6-8-13)33-10-15-16(29)21(23,24)19(35-15)28-9-14(22)17(25)26-20(28)31/h4-9,11-12,15-16,19,29H,10H2,1-3H3,(H,27,32)(H2,25,26,31). The zero-order chi connectivity index (χ0) is 27.5. The number of aromatic nitrogens is 2. The second-order valence-electron chi connectivity index (χ2n) is 8.34. The van der Waals surface area contributed by atoms with Crippen molar-refractivity contribution in [2.24, 2.45) is 0 Å². The summed E-state index contributed by atoms with van der Waals surface area (Å²) in [5, 5.41) is 12.5. The average Bonchev–Trinajstić information content (AvgIpc) is 3.03. The highest BCUT2D eigenvalue weighted by Crippen LogP contribution is 2.48. The first-order valence-corrected chi connectivity index (χ1v) is 12.5. The van der Waals surface area contributed by atoms with Crippen molar-refractivity contribution >= 4 is 19.5 Å². The van der Waals surface area contributed by atoms with Crippen LogP contribution in [-0.4, -0.2) is 57.5 Å². The molecule has 16 heteroatoms. The van der Waals surface area contributed by atoms with Gasteiger partial charge in [0.25, 0.3) is 0 Å². The molecule has 0 bridgehead atoms. The lowest BCUT2D eigenvalue weighted by Crippen LogP contribution is -2.42. The van der Waals surface area contributed by atoms with E-state index in [1.165, 1.54) is 19.1 Å². The van der Waals surface area contributed by atoms with Gasteiger partial charge in [-0.15, -0.1) is 0 Å². The normalized spacial score (nSPS) is 23.4. The van der Waals surface area contributed by atoms with Crippen molar-refractivity contribution in [1.82, 2.24) is 14.6 Å². The maximum atomic E-state index is 14.8. The van der Waals surface area contributed by atoms with E-state index in [1.807, 2.05) is 0 Å². The molecular formula is C21H26F3N4O8P. The van der Waals surface area contributed by atoms with E-state index in [0.717, 1.165) is 0 Å². The Labute approximate surface area is 209 Å². The number of carbonyl (C=O) groups is 1. The number of esters is 1. The van der Waals surface area contributed by atoms with E-state index in [0.29, 0.717) is 6.20 Å². The molecule has 0 spiro atoms. The van der Waals surface area contributed by atoms with Gasteiger partial charge < -0.3 is 24.8 Å². The summed E-state index contributed by atoms with van der Waals surface area (Å²) in [6.45, 7) is 3.57. The number of anilines is 1. The number of hydrogen-bond donors (Lipinski definition) is 3. The number of hydrogen-bond acceptors (Lipinski definition) is 10. The van der Waals surface area contributed by atoms with Gasteiger partial charge in [0, 0.05) is 0 Å². The lowest BCUT2D eigenvalue weighted by molar-refractivity contribution is -0.149. The topological polar surface area (TPSA) is 164 Å². The summed E-state index contributed by atoms with van der Waals surface area (Å²) in [6, 6.07) is 6.40. The fourth-order valence-electron chi connectivity index (χ4n) is 3.24. The number of aliphatic hydroxyl groups is 1. The van der Waals surface area contributed by atoms with Gasteiger partial charge in [-0.05, 0) is 32.9 Å². The Kier molecular flexibility index (Phi) is 8.65. The van der Waals surface area contributed by atoms with Crippen molar-refractivity contribution in [1.29, 1.82) is 0 Å². The van der Waals surface area contributed by atoms with Crippen molar-refractivity contribution < 1.29 is 46.2 Å². The highest BCUT2D eigenvalue weighted by atomic mass is 31.2. The van der Waals surface area contributed by atoms with Crippen LogP contribution in [0.4, 0.5) is 19.0 Å². The Bertz CT molecular complexity index is 1220. The Hall–Kier alpha value is -2.97. The van der Waals surface area contributed by atoms with Gasteiger partial charge in [-0.2, -0.15) is 18.9 Å². The summed E-state index contributed by atoms with van der Waals surface area (Å²) in [6.07, 6.45) is -7.03. The van der Waals surface area contributed by atoms with Crippen LogP contribution in [0.1, 0.15) is 27.0 Å². The van der Waals surface area contributed by atoms with Crippen LogP contribution in [0, 0.1) is 5.82 Å². The van der Waals surface area contributed by atoms with E-state index in [2.05, 4.69) is 10.1 Å². The number of ether oxygens (including phenoxy) is 2. The van der Waals surface area contributed by atoms with E-state index >= 15 is 0 Å². The predicted octanol–water partition coefficient (Wildman–Crippen LogP) is 1.99. The maximum Gasteiger partial charge on any atom is 0.459 e. The molecule has 1 fully saturated rings. The number of rotatable bonds is 10. The van der Waals surface area contributed by atoms with Crippen molar-refractivity contribution in [3.05, 3.63) is 52.8 Å². The van der Waals surface area contributed by atoms with Crippen LogP contribution in [0.25, 0.3) is 0 Å². The molecular weight excluding hydrogens is 524 g/mol. The molecule has 1 aromatic carbocycles. The van der Waals surface area contributed by atoms with Crippen molar-refractivity contribution in [3.63, 3.8) is 0 Å². The fraction of sp³-hybridized carbons (Fsp3) is 0.476. The first-order valence-electron chi connectivity index (χ1n) is 11.0. The molecule has 5 atom stereocenters. The number of alkyl halides is 2. The Morgan fingerprint density at radius 2 is 1.97 bits per heavy atom. The Morgan fingerprint density at radius 3 is 2.59 bits per heavy atom. The van der Waals surface area contributed by atoms with Crippen LogP contribution in [0.2, 0.25) is 0 Å². The molecule has 1 aliphatic heterocycles. The molecule has 0 radical (unpaired) electrons. The van der Waals surface area contributed by atoms with E-state index < -0.39 is 74.2 Å². The predicted molar refractivity (Wildman–Crippen MR) is 122 cm³/mol. The van der Waals surface area contributed by atoms with Crippen LogP contribution in [0.15, 0.2) is 41.3 Å². The molecule has 2 heterocycles. The third-order valence-electron chi connectivity index (χ3n) is 5.00. The van der Waals surface area contributed by atoms with Gasteiger partial charge in [-0.3, -0.25) is 13.9 Å². The molecule has 0 saturated carbocycles. The second kappa shape index (κ2) is 11.2. The number of nitrogens with zero attached hydrogens (tertiary/aromatic N) is 2. The quantitative estimate of drug-likeness (QED) is 0.293. The van der Waals surface area contributed by atoms with Gasteiger partial charge in [0.05, 0.1) is 18.9 Å². The summed E-state index contributed by atoms with van der Waals surface area (Å²) in [5.41, 5.74) is 3.82. The van der Waals surface area contributed by atoms with Crippen LogP contribution >= 0.6 is 7.75 Å². The molecule has 0 aliphatic carbocycles. The molecule has 5 unspecified atom stereocenters. The van der Waals surface area contributed by atoms with Gasteiger partial charge in [0.2, 0.25) is 6.23 Å². The average molecular weight is 550 g/mol. The van der Waals surface area contributed by atoms with Crippen molar-refractivity contribution in [2.45, 2.75) is 57.3 Å². The molecule has 1 aliphatic rings. The van der Waals surface area contributed by atoms with E-state index in [-0.39, 0.29) is 10.3 Å². The smallest absolute Gasteiger partial charge is 0.459 e. The zero-order valence-corrected chi connectivity index (χ0v) is 20.8. The number of benzene rings is 1. The third kappa shape index (κ3) is 6.67. The summed E-state index contributed by atoms with van der Waals surface area (Å²) in [5.74, 6) is -6.93. The minimum Gasteiger partial charge on any atom is -0.462 e. The number of nitrogen functional groups attached to an aromatic ring is 1. The number of halogens is 3. The number of nitrogens with one attached hydrogen (secondary N) is 1. The summed E-state index contributed by atoms with van der Waals surface area (Å²) in [4.78, 5) is 27.3. The Morgan fingerprint density at radius 1 is 1.32 bits per heavy atom. The second-order valence-corrected chi connectivity index (χ2v) is 10.0. The van der Waals surface area contributed by atoms with Crippen LogP contribution in [0.3, 0.4) is 0 Å². The van der Waals surface area contributed by atoms with E-state index in [4.69, 9.17) is 24.3 Å². The Balaban J connectivity index is 1.81. The van der Waals surface area contributed by atoms with Crippen LogP contribution < -0.4 is 21.0 Å². The SMILES string of the molecule is CC(C)OC(=O)C(C)NP(=O)(OCC1OC(n2cc(F)c(N)nc2=O)C(F)(F)C1O)Oc1ccccc1. The molecule has 12 nitrogen and oxygen atoms in total. The number of nitrogens with two attached hydrogens (primary N) is 1. The summed E-state index contributed by atoms with van der Waals surface area (Å²) < 4.78 is 77.8. The highest BCUT2D eigenvalue weighted by Gasteiger charge is 2.60. The fourth-order valence-corrected chi connectivity index (χ4v) is 4.74. The largest absolute Gasteiger partial charge is 0.462 e. The van der Waals surface area contributed by atoms with Gasteiger partial charge in [-0.25, -0.2) is 13.8 Å². The molecule has 3 rings (SSSR count). The maximum absolute atomic E-state index is 14.8. The van der Waals surface area contributed by atoms with Gasteiger partial charge in [-0.1, -0.05) is 18.2 Å². The third-order valence-corrected chi connectivity index (χ3v) is 6.64. The van der Waals surface area contributed by atoms with Crippen molar-refractivity contribution in [2.75, 3.05) is 12.3 Å². The number of carbonyl (C=O) groups excluding carboxylic acids is 1. The molecule has 37 heavy (non-hydrogen) atoms. The molecule has 4 N–H and O–H groups in total. The van der Waals surface area contributed by atoms with Gasteiger partial charge in [0.1, 0.15) is 17.9 Å². The number of para-hydroxylation sites is 1. The lowest BCUT2D eigenvalue weighted by Gasteiger charge is -2.25. The van der Waals surface area contributed by atoms with Crippen LogP contribution in [0.5, 0.6) is 5.75 Å². The highest BCUT2D eigenvalue weighted by molar-refractivity contribution is 7.52. The summed E-state index contributed by atoms with van der Waals surface area (Å²) >= 11 is 0. The molecule has 0 amide bonds. The van der Waals surface area contributed by atoms with E-state index in [9.17, 15) is 32.4 Å². The monoisotopic (exact) mass is 550 g/mol. The van der Waals surface area contributed by atoms with Crippen molar-refractivity contribution in [3.8, 4) is 5.75 Å². The lowest BCUT2D eigenvalue weighted by atomic mass is 10.1. The molecule has 2 aromatic rings.